The van der Waals surface area contributed by atoms with Gasteiger partial charge in [-0.25, -0.2) is 41.7 Å². The van der Waals surface area contributed by atoms with Gasteiger partial charge in [-0.2, -0.15) is 0 Å². The molecular weight excluding hydrogens is 1360 g/mol. The highest BCUT2D eigenvalue weighted by Crippen LogP contribution is 2.39. The van der Waals surface area contributed by atoms with E-state index in [1.165, 1.54) is 59.7 Å². The van der Waals surface area contributed by atoms with Crippen LogP contribution in [0, 0.1) is 0 Å². The maximum atomic E-state index is 13.3. The number of pyridine rings is 3. The summed E-state index contributed by atoms with van der Waals surface area (Å²) in [6, 6.07) is 30.4. The molecular formula is C69H81N9O19S3. The number of carbonyl (C=O) groups is 6. The number of likely N-dealkylation sites (tertiary alicyclic amines) is 2. The Labute approximate surface area is 579 Å². The van der Waals surface area contributed by atoms with Crippen molar-refractivity contribution in [3.63, 3.8) is 0 Å². The van der Waals surface area contributed by atoms with Crippen LogP contribution in [-0.4, -0.2) is 212 Å². The minimum Gasteiger partial charge on any atom is -0.381 e. The van der Waals surface area contributed by atoms with Gasteiger partial charge in [0, 0.05) is 125 Å². The van der Waals surface area contributed by atoms with Crippen molar-refractivity contribution >= 4 is 65.0 Å². The third-order valence-corrected chi connectivity index (χ3v) is 26.7. The molecule has 6 amide bonds. The van der Waals surface area contributed by atoms with Crippen molar-refractivity contribution in [2.75, 3.05) is 92.1 Å². The molecule has 12 rings (SSSR count). The van der Waals surface area contributed by atoms with E-state index in [1.54, 1.807) is 71.6 Å². The van der Waals surface area contributed by atoms with E-state index in [9.17, 15) is 54.0 Å². The summed E-state index contributed by atoms with van der Waals surface area (Å²) in [5, 5.41) is 27.5. The molecule has 6 aliphatic rings. The van der Waals surface area contributed by atoms with Crippen LogP contribution in [0.25, 0.3) is 33.8 Å². The number of aromatic nitrogens is 3. The summed E-state index contributed by atoms with van der Waals surface area (Å²) in [6.07, 6.45) is 10.1. The lowest BCUT2D eigenvalue weighted by Crippen LogP contribution is -2.54. The summed E-state index contributed by atoms with van der Waals surface area (Å²) >= 11 is 0. The van der Waals surface area contributed by atoms with Gasteiger partial charge in [-0.15, -0.1) is 0 Å². The van der Waals surface area contributed by atoms with Gasteiger partial charge in [0.25, 0.3) is 29.5 Å². The number of nitrogens with zero attached hydrogens (tertiary/aromatic N) is 6. The number of hydroxylamine groups is 3. The van der Waals surface area contributed by atoms with E-state index < -0.39 is 61.5 Å². The summed E-state index contributed by atoms with van der Waals surface area (Å²) in [5.74, 6) is -2.83. The first-order valence-electron chi connectivity index (χ1n) is 33.1. The fourth-order valence-corrected chi connectivity index (χ4v) is 18.7. The molecule has 0 atom stereocenters. The molecule has 6 saturated heterocycles. The number of piperidine rings is 2. The van der Waals surface area contributed by atoms with Crippen molar-refractivity contribution in [1.82, 2.24) is 46.1 Å². The highest BCUT2D eigenvalue weighted by atomic mass is 32.2. The number of morpholine rings is 1. The summed E-state index contributed by atoms with van der Waals surface area (Å²) in [5.41, 5.74) is 10.4. The van der Waals surface area contributed by atoms with Gasteiger partial charge in [-0.3, -0.25) is 59.3 Å². The molecule has 0 aliphatic carbocycles. The minimum absolute atomic E-state index is 0.0135. The van der Waals surface area contributed by atoms with Gasteiger partial charge < -0.3 is 33.6 Å². The van der Waals surface area contributed by atoms with Crippen molar-refractivity contribution in [1.29, 1.82) is 0 Å². The van der Waals surface area contributed by atoms with E-state index in [1.807, 2.05) is 34.1 Å². The first-order valence-corrected chi connectivity index (χ1v) is 37.5. The summed E-state index contributed by atoms with van der Waals surface area (Å²) in [7, 11) is -12.4. The van der Waals surface area contributed by atoms with Crippen LogP contribution in [0.1, 0.15) is 103 Å². The Hall–Kier alpha value is -8.50. The Morgan fingerprint density at radius 3 is 0.960 bits per heavy atom. The maximum Gasteiger partial charge on any atom is 0.265 e. The number of hydrogen-bond acceptors (Lipinski definition) is 22. The van der Waals surface area contributed by atoms with Gasteiger partial charge in [0.2, 0.25) is 5.91 Å². The smallest absolute Gasteiger partial charge is 0.265 e. The van der Waals surface area contributed by atoms with E-state index in [0.29, 0.717) is 66.5 Å². The first-order chi connectivity index (χ1) is 48.1. The Kier molecular flexibility index (Phi) is 24.4. The minimum atomic E-state index is -4.14. The quantitative estimate of drug-likeness (QED) is 0.0523. The SMILES string of the molecule is O=C(Cc1ccc(-c2ccc(S(=O)(=O)C3(C(=O)NO)CCOCC3)cn2)cc1)N1CCCCC1.O=C(c1ccc(-c2ccc(S(=O)(=O)C3(C(=O)NO)CCOCC3)cn2)cc1)N1CCCCC1.O=C(c1ccc(-c2ccc(S(=O)(=O)C3(C(=O)NO)CCOCC3)cn2)cc1)N1CCOCC1. The molecule has 6 N–H and O–H groups in total. The van der Waals surface area contributed by atoms with Crippen LogP contribution >= 0.6 is 0 Å². The molecule has 28 nitrogen and oxygen atoms in total. The molecule has 0 bridgehead atoms. The fraction of sp³-hybridized carbons (Fsp3) is 0.435. The third-order valence-electron chi connectivity index (χ3n) is 19.2. The van der Waals surface area contributed by atoms with Crippen LogP contribution < -0.4 is 16.4 Å². The zero-order chi connectivity index (χ0) is 71.1. The molecule has 100 heavy (non-hydrogen) atoms. The van der Waals surface area contributed by atoms with Crippen molar-refractivity contribution < 1.29 is 88.6 Å². The average molecular weight is 1440 g/mol. The Morgan fingerprint density at radius 2 is 0.660 bits per heavy atom. The van der Waals surface area contributed by atoms with Crippen LogP contribution in [0.15, 0.2) is 142 Å². The molecule has 6 fully saturated rings. The van der Waals surface area contributed by atoms with Crippen molar-refractivity contribution in [3.8, 4) is 33.8 Å². The Morgan fingerprint density at radius 1 is 0.370 bits per heavy atom. The zero-order valence-corrected chi connectivity index (χ0v) is 57.4. The van der Waals surface area contributed by atoms with Crippen LogP contribution in [0.4, 0.5) is 0 Å². The van der Waals surface area contributed by atoms with E-state index in [-0.39, 0.29) is 111 Å². The lowest BCUT2D eigenvalue weighted by Gasteiger charge is -2.34. The molecule has 0 spiro atoms. The summed E-state index contributed by atoms with van der Waals surface area (Å²) < 4.78 is 95.4. The second kappa shape index (κ2) is 32.9. The number of hydrogen-bond donors (Lipinski definition) is 6. The molecule has 3 aromatic heterocycles. The number of carbonyl (C=O) groups excluding carboxylic acids is 6. The van der Waals surface area contributed by atoms with Crippen LogP contribution in [0.2, 0.25) is 0 Å². The number of rotatable bonds is 16. The second-order valence-corrected chi connectivity index (χ2v) is 31.8. The normalized spacial score (nSPS) is 18.4. The average Bonchev–Trinajstić information content (AvgIpc) is 0.759. The van der Waals surface area contributed by atoms with Gasteiger partial charge in [0.05, 0.1) is 51.4 Å². The summed E-state index contributed by atoms with van der Waals surface area (Å²) in [6.45, 7) is 5.95. The molecule has 6 aromatic rings. The maximum absolute atomic E-state index is 13.3. The van der Waals surface area contributed by atoms with E-state index >= 15 is 0 Å². The monoisotopic (exact) mass is 1440 g/mol. The van der Waals surface area contributed by atoms with Gasteiger partial charge >= 0.3 is 0 Å². The van der Waals surface area contributed by atoms with Crippen LogP contribution in [0.3, 0.4) is 0 Å². The standard InChI is InChI=1S/C24H29N3O6S.C23H27N3O6S.C22H25N3O7S/c28-22(27-12-2-1-3-13-27)16-18-4-6-19(7-5-18)21-9-8-20(17-25-21)34(31,32)24(23(29)26-30)10-14-33-15-11-24;27-21(26-12-2-1-3-13-26)18-6-4-17(5-7-18)20-9-8-19(16-24-20)33(30,31)23(22(28)25-29)10-14-32-15-11-23;26-20(25-9-13-32-14-10-25)17-3-1-16(2-4-17)19-6-5-18(15-23-19)33(29,30)22(21(27)24-28)7-11-31-12-8-22/h4-9,17,30H,1-3,10-16H2,(H,26,29);4-9,16,29H,1-3,10-15H2,(H,25,28);1-6,15,28H,7-14H2,(H,24,27). The van der Waals surface area contributed by atoms with Gasteiger partial charge in [0.1, 0.15) is 0 Å². The third kappa shape index (κ3) is 15.8. The lowest BCUT2D eigenvalue weighted by atomic mass is 9.98. The highest BCUT2D eigenvalue weighted by molar-refractivity contribution is 7.94. The fourth-order valence-electron chi connectivity index (χ4n) is 13.1. The number of nitrogens with one attached hydrogen (secondary N) is 3. The van der Waals surface area contributed by atoms with Crippen molar-refractivity contribution in [2.45, 2.75) is 112 Å². The lowest BCUT2D eigenvalue weighted by molar-refractivity contribution is -0.135. The second-order valence-electron chi connectivity index (χ2n) is 25.0. The number of benzene rings is 3. The predicted molar refractivity (Wildman–Crippen MR) is 359 cm³/mol. The number of amides is 6. The molecule has 0 unspecified atom stereocenters. The highest BCUT2D eigenvalue weighted by Gasteiger charge is 2.55. The van der Waals surface area contributed by atoms with Gasteiger partial charge in [-0.1, -0.05) is 48.5 Å². The molecule has 3 aromatic carbocycles. The van der Waals surface area contributed by atoms with Crippen molar-refractivity contribution in [2.24, 2.45) is 0 Å². The molecule has 534 valence electrons. The molecule has 6 aliphatic heterocycles. The number of ether oxygens (including phenoxy) is 4. The first kappa shape index (κ1) is 74.2. The zero-order valence-electron chi connectivity index (χ0n) is 55.0. The van der Waals surface area contributed by atoms with Gasteiger partial charge in [0.15, 0.2) is 43.8 Å². The molecule has 31 heteroatoms. The van der Waals surface area contributed by atoms with Crippen molar-refractivity contribution in [3.05, 3.63) is 144 Å². The summed E-state index contributed by atoms with van der Waals surface area (Å²) in [4.78, 5) is 92.9. The molecule has 0 radical (unpaired) electrons. The van der Waals surface area contributed by atoms with E-state index in [4.69, 9.17) is 34.6 Å². The number of sulfone groups is 3. The van der Waals surface area contributed by atoms with E-state index in [2.05, 4.69) is 15.0 Å². The van der Waals surface area contributed by atoms with Gasteiger partial charge in [-0.05, 0) is 143 Å². The Bertz CT molecular complexity index is 4010. The molecule has 9 heterocycles. The van der Waals surface area contributed by atoms with Crippen LogP contribution in [-0.2, 0) is 74.1 Å². The van der Waals surface area contributed by atoms with E-state index in [0.717, 1.165) is 75.0 Å². The topological polar surface area (TPSA) is 387 Å². The van der Waals surface area contributed by atoms with Crippen LogP contribution in [0.5, 0.6) is 0 Å². The Balaban J connectivity index is 0.000000162. The largest absolute Gasteiger partial charge is 0.381 e. The molecule has 0 saturated carbocycles. The predicted octanol–water partition coefficient (Wildman–Crippen LogP) is 5.38.